The maximum atomic E-state index is 11.3. The van der Waals surface area contributed by atoms with Crippen LogP contribution in [0.3, 0.4) is 0 Å². The summed E-state index contributed by atoms with van der Waals surface area (Å²) < 4.78 is 1.17. The van der Waals surface area contributed by atoms with Crippen LogP contribution in [0.15, 0.2) is 11.0 Å². The summed E-state index contributed by atoms with van der Waals surface area (Å²) in [6.07, 6.45) is 2.09. The normalized spacial score (nSPS) is 10.2. The Labute approximate surface area is 86.3 Å². The van der Waals surface area contributed by atoms with Gasteiger partial charge in [-0.1, -0.05) is 11.6 Å². The van der Waals surface area contributed by atoms with Gasteiger partial charge in [-0.15, -0.1) is 0 Å². The van der Waals surface area contributed by atoms with Gasteiger partial charge in [-0.05, 0) is 6.42 Å². The molecule has 0 saturated heterocycles. The second-order valence-electron chi connectivity index (χ2n) is 2.80. The Hall–Kier alpha value is -1.07. The molecule has 0 atom stereocenters. The number of aryl methyl sites for hydroxylation is 1. The van der Waals surface area contributed by atoms with Crippen LogP contribution in [0.25, 0.3) is 0 Å². The molecule has 14 heavy (non-hydrogen) atoms. The van der Waals surface area contributed by atoms with Crippen LogP contribution in [0.4, 0.5) is 5.69 Å². The van der Waals surface area contributed by atoms with Gasteiger partial charge < -0.3 is 10.4 Å². The molecule has 0 amide bonds. The molecule has 1 heterocycles. The SMILES string of the molecule is Cn1ncc(NCCCO)c(Cl)c1=O. The first-order valence-electron chi connectivity index (χ1n) is 4.23. The van der Waals surface area contributed by atoms with Crippen LogP contribution >= 0.6 is 11.6 Å². The summed E-state index contributed by atoms with van der Waals surface area (Å²) in [4.78, 5) is 11.3. The molecule has 0 saturated carbocycles. The summed E-state index contributed by atoms with van der Waals surface area (Å²) in [7, 11) is 1.53. The monoisotopic (exact) mass is 217 g/mol. The largest absolute Gasteiger partial charge is 0.396 e. The number of halogens is 1. The minimum Gasteiger partial charge on any atom is -0.396 e. The van der Waals surface area contributed by atoms with Gasteiger partial charge in [0.1, 0.15) is 5.02 Å². The smallest absolute Gasteiger partial charge is 0.287 e. The van der Waals surface area contributed by atoms with E-state index in [1.54, 1.807) is 0 Å². The minimum absolute atomic E-state index is 0.100. The molecule has 0 bridgehead atoms. The van der Waals surface area contributed by atoms with Crippen molar-refractivity contribution in [2.75, 3.05) is 18.5 Å². The first kappa shape index (κ1) is 11.0. The van der Waals surface area contributed by atoms with E-state index in [2.05, 4.69) is 10.4 Å². The summed E-state index contributed by atoms with van der Waals surface area (Å²) in [6.45, 7) is 0.661. The average molecular weight is 218 g/mol. The first-order valence-corrected chi connectivity index (χ1v) is 4.61. The third-order valence-electron chi connectivity index (χ3n) is 1.73. The van der Waals surface area contributed by atoms with Gasteiger partial charge in [0.2, 0.25) is 0 Å². The molecule has 78 valence electrons. The lowest BCUT2D eigenvalue weighted by atomic mass is 10.4. The first-order chi connectivity index (χ1) is 6.66. The lowest BCUT2D eigenvalue weighted by Crippen LogP contribution is -2.21. The van der Waals surface area contributed by atoms with Crippen LogP contribution in [-0.2, 0) is 7.05 Å². The third kappa shape index (κ3) is 2.46. The van der Waals surface area contributed by atoms with E-state index in [9.17, 15) is 4.79 Å². The molecule has 0 aliphatic carbocycles. The Balaban J connectivity index is 2.79. The lowest BCUT2D eigenvalue weighted by molar-refractivity contribution is 0.292. The van der Waals surface area contributed by atoms with Crippen molar-refractivity contribution < 1.29 is 5.11 Å². The van der Waals surface area contributed by atoms with Crippen molar-refractivity contribution >= 4 is 17.3 Å². The zero-order valence-electron chi connectivity index (χ0n) is 7.83. The van der Waals surface area contributed by atoms with Gasteiger partial charge in [0, 0.05) is 20.2 Å². The Morgan fingerprint density at radius 1 is 1.71 bits per heavy atom. The van der Waals surface area contributed by atoms with E-state index in [0.717, 1.165) is 0 Å². The van der Waals surface area contributed by atoms with Gasteiger partial charge in [0.15, 0.2) is 0 Å². The molecule has 0 radical (unpaired) electrons. The highest BCUT2D eigenvalue weighted by Crippen LogP contribution is 2.14. The number of hydrogen-bond acceptors (Lipinski definition) is 4. The molecule has 0 spiro atoms. The van der Waals surface area contributed by atoms with Crippen LogP contribution in [0.2, 0.25) is 5.02 Å². The molecule has 1 aromatic rings. The highest BCUT2D eigenvalue weighted by atomic mass is 35.5. The maximum Gasteiger partial charge on any atom is 0.287 e. The van der Waals surface area contributed by atoms with Gasteiger partial charge in [0.25, 0.3) is 5.56 Å². The number of nitrogens with one attached hydrogen (secondary N) is 1. The lowest BCUT2D eigenvalue weighted by Gasteiger charge is -2.06. The standard InChI is InChI=1S/C8H12ClN3O2/c1-12-8(14)7(9)6(5-11-12)10-3-2-4-13/h5,10,13H,2-4H2,1H3. The molecule has 5 nitrogen and oxygen atoms in total. The fourth-order valence-corrected chi connectivity index (χ4v) is 1.17. The average Bonchev–Trinajstić information content (AvgIpc) is 2.18. The summed E-state index contributed by atoms with van der Waals surface area (Å²) in [5.74, 6) is 0. The topological polar surface area (TPSA) is 67.2 Å². The summed E-state index contributed by atoms with van der Waals surface area (Å²) in [5, 5.41) is 15.4. The second-order valence-corrected chi connectivity index (χ2v) is 3.18. The van der Waals surface area contributed by atoms with Crippen molar-refractivity contribution in [3.63, 3.8) is 0 Å². The number of nitrogens with zero attached hydrogens (tertiary/aromatic N) is 2. The molecule has 0 fully saturated rings. The van der Waals surface area contributed by atoms with Gasteiger partial charge in [-0.2, -0.15) is 5.10 Å². The quantitative estimate of drug-likeness (QED) is 0.709. The van der Waals surface area contributed by atoms with Gasteiger partial charge in [0.05, 0.1) is 11.9 Å². The summed E-state index contributed by atoms with van der Waals surface area (Å²) >= 11 is 5.78. The van der Waals surface area contributed by atoms with E-state index in [-0.39, 0.29) is 17.2 Å². The summed E-state index contributed by atoms with van der Waals surface area (Å²) in [5.41, 5.74) is 0.170. The van der Waals surface area contributed by atoms with E-state index in [1.165, 1.54) is 17.9 Å². The van der Waals surface area contributed by atoms with Crippen LogP contribution in [0, 0.1) is 0 Å². The van der Waals surface area contributed by atoms with Crippen molar-refractivity contribution in [2.24, 2.45) is 7.05 Å². The van der Waals surface area contributed by atoms with Crippen LogP contribution in [0.1, 0.15) is 6.42 Å². The number of aliphatic hydroxyl groups excluding tert-OH is 1. The molecule has 0 aliphatic heterocycles. The van der Waals surface area contributed by atoms with Crippen molar-refractivity contribution in [3.05, 3.63) is 21.6 Å². The summed E-state index contributed by atoms with van der Waals surface area (Å²) in [6, 6.07) is 0. The Bertz CT molecular complexity index is 364. The molecule has 0 unspecified atom stereocenters. The van der Waals surface area contributed by atoms with E-state index >= 15 is 0 Å². The zero-order chi connectivity index (χ0) is 10.6. The highest BCUT2D eigenvalue weighted by Gasteiger charge is 2.05. The van der Waals surface area contributed by atoms with Gasteiger partial charge in [-0.3, -0.25) is 4.79 Å². The molecule has 0 aromatic carbocycles. The Morgan fingerprint density at radius 2 is 2.43 bits per heavy atom. The predicted octanol–water partition coefficient (Wildman–Crippen LogP) is 0.228. The Kier molecular flexibility index (Phi) is 3.91. The number of rotatable bonds is 4. The van der Waals surface area contributed by atoms with E-state index in [0.29, 0.717) is 18.7 Å². The van der Waals surface area contributed by atoms with E-state index < -0.39 is 0 Å². The third-order valence-corrected chi connectivity index (χ3v) is 2.09. The molecular formula is C8H12ClN3O2. The zero-order valence-corrected chi connectivity index (χ0v) is 8.58. The van der Waals surface area contributed by atoms with Crippen molar-refractivity contribution in [1.82, 2.24) is 9.78 Å². The number of hydrogen-bond donors (Lipinski definition) is 2. The predicted molar refractivity (Wildman–Crippen MR) is 54.7 cm³/mol. The van der Waals surface area contributed by atoms with E-state index in [4.69, 9.17) is 16.7 Å². The van der Waals surface area contributed by atoms with Gasteiger partial charge >= 0.3 is 0 Å². The number of aliphatic hydroxyl groups is 1. The van der Waals surface area contributed by atoms with Crippen LogP contribution < -0.4 is 10.9 Å². The molecule has 6 heteroatoms. The van der Waals surface area contributed by atoms with Crippen LogP contribution in [-0.4, -0.2) is 28.0 Å². The molecule has 1 aromatic heterocycles. The minimum atomic E-state index is -0.333. The fraction of sp³-hybridized carbons (Fsp3) is 0.500. The molecular weight excluding hydrogens is 206 g/mol. The van der Waals surface area contributed by atoms with Crippen LogP contribution in [0.5, 0.6) is 0 Å². The maximum absolute atomic E-state index is 11.3. The van der Waals surface area contributed by atoms with Crippen molar-refractivity contribution in [1.29, 1.82) is 0 Å². The molecule has 1 rings (SSSR count). The van der Waals surface area contributed by atoms with Crippen molar-refractivity contribution in [2.45, 2.75) is 6.42 Å². The second kappa shape index (κ2) is 4.97. The van der Waals surface area contributed by atoms with Gasteiger partial charge in [-0.25, -0.2) is 4.68 Å². The van der Waals surface area contributed by atoms with E-state index in [1.807, 2.05) is 0 Å². The fourth-order valence-electron chi connectivity index (χ4n) is 0.936. The Morgan fingerprint density at radius 3 is 3.07 bits per heavy atom. The molecule has 0 aliphatic rings. The van der Waals surface area contributed by atoms with Crippen molar-refractivity contribution in [3.8, 4) is 0 Å². The highest BCUT2D eigenvalue weighted by molar-refractivity contribution is 6.32. The molecule has 2 N–H and O–H groups in total. The number of anilines is 1. The number of aromatic nitrogens is 2.